The first-order valence-corrected chi connectivity index (χ1v) is 7.31. The lowest BCUT2D eigenvalue weighted by molar-refractivity contribution is 0.395. The fourth-order valence-electron chi connectivity index (χ4n) is 1.95. The summed E-state index contributed by atoms with van der Waals surface area (Å²) >= 11 is 1.75. The Labute approximate surface area is 109 Å². The van der Waals surface area contributed by atoms with E-state index in [1.807, 2.05) is 6.92 Å². The molecular weight excluding hydrogens is 230 g/mol. The van der Waals surface area contributed by atoms with Crippen molar-refractivity contribution in [3.63, 3.8) is 0 Å². The molecule has 1 aromatic heterocycles. The number of rotatable bonds is 8. The van der Waals surface area contributed by atoms with Gasteiger partial charge in [-0.05, 0) is 38.3 Å². The number of aromatic nitrogens is 1. The SMILES string of the molecule is Cc1csc(CCNCC(CN)CC(C)C)n1. The standard InChI is InChI=1S/C13H25N3S/c1-10(2)6-12(7-14)8-15-5-4-13-16-11(3)9-17-13/h9-10,12,15H,4-8,14H2,1-3H3. The molecule has 1 aromatic rings. The maximum absolute atomic E-state index is 5.77. The highest BCUT2D eigenvalue weighted by molar-refractivity contribution is 7.09. The number of aryl methyl sites for hydroxylation is 1. The molecular formula is C13H25N3S. The normalized spacial score (nSPS) is 13.2. The summed E-state index contributed by atoms with van der Waals surface area (Å²) in [6.45, 7) is 9.35. The molecule has 1 atom stereocenters. The third kappa shape index (κ3) is 6.15. The number of nitrogens with one attached hydrogen (secondary N) is 1. The van der Waals surface area contributed by atoms with E-state index in [4.69, 9.17) is 5.73 Å². The first-order valence-electron chi connectivity index (χ1n) is 6.43. The van der Waals surface area contributed by atoms with Gasteiger partial charge >= 0.3 is 0 Å². The van der Waals surface area contributed by atoms with Crippen LogP contribution in [0.3, 0.4) is 0 Å². The van der Waals surface area contributed by atoms with Gasteiger partial charge in [0.05, 0.1) is 5.01 Å². The number of hydrogen-bond donors (Lipinski definition) is 2. The molecule has 4 heteroatoms. The van der Waals surface area contributed by atoms with Gasteiger partial charge in [0.2, 0.25) is 0 Å². The Morgan fingerprint density at radius 2 is 2.24 bits per heavy atom. The minimum atomic E-state index is 0.605. The second kappa shape index (κ2) is 7.80. The predicted octanol–water partition coefficient (Wildman–Crippen LogP) is 2.20. The molecule has 0 saturated carbocycles. The van der Waals surface area contributed by atoms with Crippen molar-refractivity contribution in [1.29, 1.82) is 0 Å². The molecule has 0 amide bonds. The van der Waals surface area contributed by atoms with Gasteiger partial charge in [-0.25, -0.2) is 4.98 Å². The first kappa shape index (κ1) is 14.6. The highest BCUT2D eigenvalue weighted by atomic mass is 32.1. The minimum absolute atomic E-state index is 0.605. The number of nitrogens with zero attached hydrogens (tertiary/aromatic N) is 1. The lowest BCUT2D eigenvalue weighted by Gasteiger charge is -2.17. The summed E-state index contributed by atoms with van der Waals surface area (Å²) in [5, 5.41) is 6.82. The van der Waals surface area contributed by atoms with Crippen molar-refractivity contribution in [2.24, 2.45) is 17.6 Å². The zero-order valence-electron chi connectivity index (χ0n) is 11.2. The van der Waals surface area contributed by atoms with Gasteiger partial charge in [-0.2, -0.15) is 0 Å². The summed E-state index contributed by atoms with van der Waals surface area (Å²) in [7, 11) is 0. The Kier molecular flexibility index (Phi) is 6.70. The maximum Gasteiger partial charge on any atom is 0.0940 e. The van der Waals surface area contributed by atoms with Crippen molar-refractivity contribution in [3.8, 4) is 0 Å². The zero-order chi connectivity index (χ0) is 12.7. The summed E-state index contributed by atoms with van der Waals surface area (Å²) in [6, 6.07) is 0. The van der Waals surface area contributed by atoms with Crippen LogP contribution in [0.25, 0.3) is 0 Å². The molecule has 98 valence electrons. The molecule has 3 N–H and O–H groups in total. The first-order chi connectivity index (χ1) is 8.11. The Hall–Kier alpha value is -0.450. The van der Waals surface area contributed by atoms with Crippen LogP contribution < -0.4 is 11.1 Å². The lowest BCUT2D eigenvalue weighted by atomic mass is 9.97. The van der Waals surface area contributed by atoms with E-state index in [1.165, 1.54) is 11.4 Å². The van der Waals surface area contributed by atoms with Crippen LogP contribution in [0.5, 0.6) is 0 Å². The largest absolute Gasteiger partial charge is 0.330 e. The van der Waals surface area contributed by atoms with Gasteiger partial charge in [-0.1, -0.05) is 13.8 Å². The van der Waals surface area contributed by atoms with E-state index in [0.29, 0.717) is 5.92 Å². The minimum Gasteiger partial charge on any atom is -0.330 e. The van der Waals surface area contributed by atoms with Crippen molar-refractivity contribution in [3.05, 3.63) is 16.1 Å². The van der Waals surface area contributed by atoms with Gasteiger partial charge in [-0.15, -0.1) is 11.3 Å². The zero-order valence-corrected chi connectivity index (χ0v) is 12.0. The second-order valence-electron chi connectivity index (χ2n) is 5.07. The van der Waals surface area contributed by atoms with Gasteiger partial charge in [0.1, 0.15) is 0 Å². The van der Waals surface area contributed by atoms with Crippen LogP contribution in [-0.4, -0.2) is 24.6 Å². The average molecular weight is 255 g/mol. The van der Waals surface area contributed by atoms with Gasteiger partial charge in [-0.3, -0.25) is 0 Å². The van der Waals surface area contributed by atoms with E-state index >= 15 is 0 Å². The van der Waals surface area contributed by atoms with Crippen LogP contribution in [0.2, 0.25) is 0 Å². The quantitative estimate of drug-likeness (QED) is 0.700. The summed E-state index contributed by atoms with van der Waals surface area (Å²) < 4.78 is 0. The molecule has 0 saturated heterocycles. The predicted molar refractivity (Wildman–Crippen MR) is 75.4 cm³/mol. The number of nitrogens with two attached hydrogens (primary N) is 1. The van der Waals surface area contributed by atoms with E-state index < -0.39 is 0 Å². The molecule has 1 rings (SSSR count). The maximum atomic E-state index is 5.77. The van der Waals surface area contributed by atoms with Crippen molar-refractivity contribution in [1.82, 2.24) is 10.3 Å². The molecule has 0 spiro atoms. The van der Waals surface area contributed by atoms with Crippen LogP contribution in [0.15, 0.2) is 5.38 Å². The topological polar surface area (TPSA) is 50.9 Å². The number of hydrogen-bond acceptors (Lipinski definition) is 4. The smallest absolute Gasteiger partial charge is 0.0940 e. The fraction of sp³-hybridized carbons (Fsp3) is 0.769. The lowest BCUT2D eigenvalue weighted by Crippen LogP contribution is -2.30. The highest BCUT2D eigenvalue weighted by Gasteiger charge is 2.08. The molecule has 0 aliphatic carbocycles. The highest BCUT2D eigenvalue weighted by Crippen LogP contribution is 2.10. The average Bonchev–Trinajstić information content (AvgIpc) is 2.68. The Morgan fingerprint density at radius 3 is 2.76 bits per heavy atom. The third-order valence-electron chi connectivity index (χ3n) is 2.75. The molecule has 0 aliphatic heterocycles. The molecule has 1 unspecified atom stereocenters. The van der Waals surface area contributed by atoms with Crippen molar-refractivity contribution in [2.45, 2.75) is 33.6 Å². The molecule has 0 radical (unpaired) electrons. The van der Waals surface area contributed by atoms with E-state index in [2.05, 4.69) is 29.5 Å². The van der Waals surface area contributed by atoms with Gasteiger partial charge in [0, 0.05) is 24.0 Å². The van der Waals surface area contributed by atoms with Crippen LogP contribution in [0.4, 0.5) is 0 Å². The van der Waals surface area contributed by atoms with Gasteiger partial charge < -0.3 is 11.1 Å². The Morgan fingerprint density at radius 1 is 1.47 bits per heavy atom. The summed E-state index contributed by atoms with van der Waals surface area (Å²) in [5.74, 6) is 1.33. The van der Waals surface area contributed by atoms with Gasteiger partial charge in [0.15, 0.2) is 0 Å². The Bertz CT molecular complexity index is 309. The number of thiazole rings is 1. The fourth-order valence-corrected chi connectivity index (χ4v) is 2.72. The van der Waals surface area contributed by atoms with E-state index in [-0.39, 0.29) is 0 Å². The van der Waals surface area contributed by atoms with Crippen molar-refractivity contribution in [2.75, 3.05) is 19.6 Å². The molecule has 0 aliphatic rings. The van der Waals surface area contributed by atoms with E-state index in [1.54, 1.807) is 11.3 Å². The molecule has 1 heterocycles. The second-order valence-corrected chi connectivity index (χ2v) is 6.01. The molecule has 3 nitrogen and oxygen atoms in total. The summed E-state index contributed by atoms with van der Waals surface area (Å²) in [6.07, 6.45) is 2.23. The van der Waals surface area contributed by atoms with Crippen LogP contribution in [0.1, 0.15) is 31.0 Å². The Balaban J connectivity index is 2.14. The van der Waals surface area contributed by atoms with E-state index in [9.17, 15) is 0 Å². The summed E-state index contributed by atoms with van der Waals surface area (Å²) in [4.78, 5) is 4.45. The van der Waals surface area contributed by atoms with Crippen LogP contribution in [0, 0.1) is 18.8 Å². The van der Waals surface area contributed by atoms with E-state index in [0.717, 1.165) is 37.7 Å². The monoisotopic (exact) mass is 255 g/mol. The molecule has 0 bridgehead atoms. The molecule has 17 heavy (non-hydrogen) atoms. The van der Waals surface area contributed by atoms with Crippen LogP contribution in [-0.2, 0) is 6.42 Å². The van der Waals surface area contributed by atoms with Crippen LogP contribution >= 0.6 is 11.3 Å². The van der Waals surface area contributed by atoms with Crippen molar-refractivity contribution >= 4 is 11.3 Å². The molecule has 0 fully saturated rings. The van der Waals surface area contributed by atoms with Gasteiger partial charge in [0.25, 0.3) is 0 Å². The molecule has 0 aromatic carbocycles. The third-order valence-corrected chi connectivity index (χ3v) is 3.78. The van der Waals surface area contributed by atoms with Crippen molar-refractivity contribution < 1.29 is 0 Å². The summed E-state index contributed by atoms with van der Waals surface area (Å²) in [5.41, 5.74) is 6.90.